The molecule has 0 aromatic carbocycles. The first-order valence-corrected chi connectivity index (χ1v) is 15.6. The van der Waals surface area contributed by atoms with Crippen molar-refractivity contribution in [1.82, 2.24) is 29.4 Å². The van der Waals surface area contributed by atoms with Crippen LogP contribution in [0, 0.1) is 0 Å². The highest BCUT2D eigenvalue weighted by atomic mass is 16.4. The number of carbonyl (C=O) groups is 8. The van der Waals surface area contributed by atoms with Gasteiger partial charge in [0.2, 0.25) is 0 Å². The number of rotatable bonds is 22. The molecule has 2 fully saturated rings. The maximum Gasteiger partial charge on any atom is 0.317 e. The number of nitrogens with zero attached hydrogens (tertiary/aromatic N) is 6. The molecular formula is C29H46N6O14. The van der Waals surface area contributed by atoms with E-state index in [-0.39, 0.29) is 84.7 Å². The Morgan fingerprint density at radius 3 is 1.20 bits per heavy atom. The molecule has 0 amide bonds. The fraction of sp³-hybridized carbons (Fsp3) is 0.724. The lowest BCUT2D eigenvalue weighted by Crippen LogP contribution is -2.63. The van der Waals surface area contributed by atoms with Crippen molar-refractivity contribution in [3.63, 3.8) is 0 Å². The summed E-state index contributed by atoms with van der Waals surface area (Å²) in [5, 5.41) is 58.2. The monoisotopic (exact) mass is 702 g/mol. The molecule has 0 saturated carbocycles. The van der Waals surface area contributed by atoms with Crippen LogP contribution in [-0.2, 0) is 38.4 Å². The molecule has 0 aliphatic carbocycles. The number of carbonyl (C=O) groups excluding carboxylic acids is 2. The summed E-state index contributed by atoms with van der Waals surface area (Å²) in [6, 6.07) is 0. The van der Waals surface area contributed by atoms with Crippen LogP contribution in [0.15, 0.2) is 0 Å². The Kier molecular flexibility index (Phi) is 16.1. The first kappa shape index (κ1) is 41.1. The van der Waals surface area contributed by atoms with Gasteiger partial charge >= 0.3 is 35.8 Å². The molecule has 1 unspecified atom stereocenters. The van der Waals surface area contributed by atoms with Crippen LogP contribution < -0.4 is 0 Å². The third kappa shape index (κ3) is 13.4. The van der Waals surface area contributed by atoms with Crippen LogP contribution in [-0.4, -0.2) is 224 Å². The first-order chi connectivity index (χ1) is 23.0. The predicted octanol–water partition coefficient (Wildman–Crippen LogP) is -3.62. The summed E-state index contributed by atoms with van der Waals surface area (Å²) in [6.45, 7) is -3.75. The molecule has 0 radical (unpaired) electrons. The summed E-state index contributed by atoms with van der Waals surface area (Å²) in [4.78, 5) is 104. The van der Waals surface area contributed by atoms with E-state index in [1.165, 1.54) is 19.6 Å². The summed E-state index contributed by atoms with van der Waals surface area (Å²) >= 11 is 0. The largest absolute Gasteiger partial charge is 0.480 e. The van der Waals surface area contributed by atoms with Gasteiger partial charge < -0.3 is 40.2 Å². The van der Waals surface area contributed by atoms with Gasteiger partial charge in [-0.25, -0.2) is 0 Å². The lowest BCUT2D eigenvalue weighted by molar-refractivity contribution is -0.148. The highest BCUT2D eigenvalue weighted by molar-refractivity contribution is 5.73. The second-order valence-corrected chi connectivity index (χ2v) is 12.6. The maximum absolute atomic E-state index is 12.0. The number of carboxylic acid groups (broad SMARTS) is 6. The standard InChI is InChI=1S/C29H46N6O14/c36-10-8-30-4-5-31(12-22(38)39)19-28(18-30,34(9-11-37)15-25(44)45)2-1-3-29(35(16-26(46)47)17-27(48)49)20-32(13-23(40)41)6-7-33(21-29)14-24(42)43/h10-11H,1-9,12-21H2,(H,38,39)(H,40,41)(H,42,43)(H,44,45)(H,46,47)(H,48,49). The summed E-state index contributed by atoms with van der Waals surface area (Å²) in [5.41, 5.74) is -2.71. The van der Waals surface area contributed by atoms with E-state index in [0.717, 1.165) is 0 Å². The van der Waals surface area contributed by atoms with Gasteiger partial charge in [-0.1, -0.05) is 0 Å². The number of aldehydes is 2. The highest BCUT2D eigenvalue weighted by Gasteiger charge is 2.46. The van der Waals surface area contributed by atoms with E-state index in [9.17, 15) is 69.0 Å². The van der Waals surface area contributed by atoms with Crippen molar-refractivity contribution in [3.8, 4) is 0 Å². The highest BCUT2D eigenvalue weighted by Crippen LogP contribution is 2.33. The molecule has 0 aromatic heterocycles. The van der Waals surface area contributed by atoms with Crippen LogP contribution in [0.3, 0.4) is 0 Å². The molecule has 0 bridgehead atoms. The summed E-state index contributed by atoms with van der Waals surface area (Å²) in [6.07, 6.45) is 1.25. The molecule has 0 spiro atoms. The van der Waals surface area contributed by atoms with E-state index >= 15 is 0 Å². The van der Waals surface area contributed by atoms with E-state index in [0.29, 0.717) is 12.6 Å². The van der Waals surface area contributed by atoms with Gasteiger partial charge in [-0.15, -0.1) is 0 Å². The second kappa shape index (κ2) is 19.2. The molecule has 20 nitrogen and oxygen atoms in total. The van der Waals surface area contributed by atoms with Gasteiger partial charge in [-0.05, 0) is 19.3 Å². The number of carboxylic acids is 6. The lowest BCUT2D eigenvalue weighted by Gasteiger charge is -2.48. The van der Waals surface area contributed by atoms with E-state index < -0.39 is 86.2 Å². The Balaban J connectivity index is 2.70. The number of hydrogen-bond donors (Lipinski definition) is 6. The lowest BCUT2D eigenvalue weighted by atomic mass is 9.83. The molecule has 2 aliphatic rings. The molecule has 49 heavy (non-hydrogen) atoms. The number of aliphatic carboxylic acids is 6. The van der Waals surface area contributed by atoms with Crippen molar-refractivity contribution in [2.45, 2.75) is 30.3 Å². The zero-order valence-corrected chi connectivity index (χ0v) is 27.2. The molecule has 2 aliphatic heterocycles. The third-order valence-electron chi connectivity index (χ3n) is 8.85. The summed E-state index contributed by atoms with van der Waals surface area (Å²) in [7, 11) is 0. The Bertz CT molecular complexity index is 1180. The van der Waals surface area contributed by atoms with Crippen molar-refractivity contribution in [2.24, 2.45) is 0 Å². The Hall–Kier alpha value is -4.08. The van der Waals surface area contributed by atoms with Gasteiger partial charge in [0.15, 0.2) is 0 Å². The minimum Gasteiger partial charge on any atom is -0.480 e. The average molecular weight is 703 g/mol. The second-order valence-electron chi connectivity index (χ2n) is 12.6. The van der Waals surface area contributed by atoms with Gasteiger partial charge in [0.1, 0.15) is 12.6 Å². The van der Waals surface area contributed by atoms with Gasteiger partial charge in [-0.2, -0.15) is 0 Å². The van der Waals surface area contributed by atoms with E-state index in [2.05, 4.69) is 0 Å². The molecule has 1 atom stereocenters. The summed E-state index contributed by atoms with van der Waals surface area (Å²) < 4.78 is 0. The van der Waals surface area contributed by atoms with Crippen LogP contribution in [0.1, 0.15) is 19.3 Å². The van der Waals surface area contributed by atoms with Crippen molar-refractivity contribution < 1.29 is 69.0 Å². The van der Waals surface area contributed by atoms with E-state index in [1.54, 1.807) is 9.80 Å². The van der Waals surface area contributed by atoms with Gasteiger partial charge in [-0.3, -0.25) is 58.2 Å². The molecular weight excluding hydrogens is 656 g/mol. The average Bonchev–Trinajstić information content (AvgIpc) is 3.24. The Labute approximate surface area is 282 Å². The fourth-order valence-electron chi connectivity index (χ4n) is 7.06. The normalized spacial score (nSPS) is 21.1. The molecule has 0 aromatic rings. The Morgan fingerprint density at radius 1 is 0.510 bits per heavy atom. The predicted molar refractivity (Wildman–Crippen MR) is 166 cm³/mol. The molecule has 6 N–H and O–H groups in total. The van der Waals surface area contributed by atoms with Crippen molar-refractivity contribution in [2.75, 3.05) is 105 Å². The topological polar surface area (TPSA) is 277 Å². The maximum atomic E-state index is 12.0. The van der Waals surface area contributed by atoms with Gasteiger partial charge in [0.05, 0.1) is 52.4 Å². The zero-order chi connectivity index (χ0) is 36.8. The minimum absolute atomic E-state index is 0.0316. The van der Waals surface area contributed by atoms with E-state index in [4.69, 9.17) is 0 Å². The third-order valence-corrected chi connectivity index (χ3v) is 8.85. The van der Waals surface area contributed by atoms with Crippen molar-refractivity contribution >= 4 is 48.4 Å². The van der Waals surface area contributed by atoms with Crippen molar-refractivity contribution in [1.29, 1.82) is 0 Å². The van der Waals surface area contributed by atoms with Crippen LogP contribution in [0.2, 0.25) is 0 Å². The first-order valence-electron chi connectivity index (χ1n) is 15.6. The van der Waals surface area contributed by atoms with Crippen LogP contribution >= 0.6 is 0 Å². The zero-order valence-electron chi connectivity index (χ0n) is 27.2. The van der Waals surface area contributed by atoms with Crippen molar-refractivity contribution in [3.05, 3.63) is 0 Å². The smallest absolute Gasteiger partial charge is 0.317 e. The Morgan fingerprint density at radius 2 is 0.857 bits per heavy atom. The van der Waals surface area contributed by atoms with Gasteiger partial charge in [0.25, 0.3) is 0 Å². The SMILES string of the molecule is O=CCN1CCN(CC(=O)O)CC(CCCC2(N(CC(=O)O)CC(=O)O)CN(CC(=O)O)CCN(CC(=O)O)C2)(N(CC=O)CC(=O)O)C1. The van der Waals surface area contributed by atoms with Crippen LogP contribution in [0.4, 0.5) is 0 Å². The molecule has 2 saturated heterocycles. The van der Waals surface area contributed by atoms with E-state index in [1.807, 2.05) is 0 Å². The molecule has 20 heteroatoms. The van der Waals surface area contributed by atoms with Crippen LogP contribution in [0.25, 0.3) is 0 Å². The van der Waals surface area contributed by atoms with Gasteiger partial charge in [0, 0.05) is 63.4 Å². The minimum atomic E-state index is -1.45. The summed E-state index contributed by atoms with van der Waals surface area (Å²) in [5.74, 6) is -7.63. The van der Waals surface area contributed by atoms with Crippen LogP contribution in [0.5, 0.6) is 0 Å². The fourth-order valence-corrected chi connectivity index (χ4v) is 7.06. The molecule has 2 heterocycles. The quantitative estimate of drug-likeness (QED) is 0.0594. The molecule has 276 valence electrons. The molecule has 2 rings (SSSR count). The number of hydrogen-bond acceptors (Lipinski definition) is 14.